The molecule has 114 valence electrons. The smallest absolute Gasteiger partial charge is 0.242 e. The molecular formula is C14H25N3O2S. The molecule has 1 rings (SSSR count). The molecule has 0 saturated heterocycles. The maximum absolute atomic E-state index is 12.3. The fourth-order valence-corrected chi connectivity index (χ4v) is 3.38. The van der Waals surface area contributed by atoms with Crippen LogP contribution in [0.5, 0.6) is 0 Å². The van der Waals surface area contributed by atoms with Gasteiger partial charge in [-0.15, -0.1) is 0 Å². The van der Waals surface area contributed by atoms with Crippen LogP contribution in [-0.4, -0.2) is 19.9 Å². The van der Waals surface area contributed by atoms with Gasteiger partial charge in [-0.3, -0.25) is 4.98 Å². The van der Waals surface area contributed by atoms with E-state index >= 15 is 0 Å². The summed E-state index contributed by atoms with van der Waals surface area (Å²) in [5.74, 6) is 0.378. The molecule has 5 nitrogen and oxygen atoms in total. The number of hydrogen-bond acceptors (Lipinski definition) is 4. The highest BCUT2D eigenvalue weighted by atomic mass is 32.2. The van der Waals surface area contributed by atoms with E-state index in [0.717, 1.165) is 25.7 Å². The number of rotatable bonds is 9. The summed E-state index contributed by atoms with van der Waals surface area (Å²) in [5, 5.41) is 0. The van der Waals surface area contributed by atoms with Crippen molar-refractivity contribution in [2.75, 3.05) is 6.54 Å². The van der Waals surface area contributed by atoms with Gasteiger partial charge >= 0.3 is 0 Å². The van der Waals surface area contributed by atoms with E-state index in [9.17, 15) is 8.42 Å². The number of nitrogens with zero attached hydrogens (tertiary/aromatic N) is 1. The molecule has 0 spiro atoms. The third-order valence-corrected chi connectivity index (χ3v) is 4.93. The Hall–Kier alpha value is -0.980. The molecule has 0 amide bonds. The lowest BCUT2D eigenvalue weighted by Gasteiger charge is -2.16. The quantitative estimate of drug-likeness (QED) is 0.730. The number of hydrogen-bond donors (Lipinski definition) is 2. The summed E-state index contributed by atoms with van der Waals surface area (Å²) in [6.45, 7) is 4.81. The first kappa shape index (κ1) is 17.1. The van der Waals surface area contributed by atoms with Crippen molar-refractivity contribution in [2.24, 2.45) is 11.7 Å². The second kappa shape index (κ2) is 8.34. The fraction of sp³-hybridized carbons (Fsp3) is 0.643. The normalized spacial score (nSPS) is 13.3. The van der Waals surface area contributed by atoms with Crippen molar-refractivity contribution in [1.82, 2.24) is 9.71 Å². The second-order valence-corrected chi connectivity index (χ2v) is 6.66. The standard InChI is InChI=1S/C14H25N3O2S/c1-3-5-7-12(4-2)11-17-20(18,19)14-8-6-9-16-13(14)10-15/h6,8-9,12,17H,3-5,7,10-11,15H2,1-2H3. The van der Waals surface area contributed by atoms with Crippen LogP contribution in [0.25, 0.3) is 0 Å². The first-order valence-corrected chi connectivity index (χ1v) is 8.67. The molecule has 1 aromatic heterocycles. The van der Waals surface area contributed by atoms with Gasteiger partial charge in [0, 0.05) is 19.3 Å². The van der Waals surface area contributed by atoms with Gasteiger partial charge in [0.25, 0.3) is 0 Å². The highest BCUT2D eigenvalue weighted by Crippen LogP contribution is 2.15. The Morgan fingerprint density at radius 1 is 1.40 bits per heavy atom. The monoisotopic (exact) mass is 299 g/mol. The molecule has 0 aliphatic carbocycles. The summed E-state index contributed by atoms with van der Waals surface area (Å²) in [7, 11) is -3.53. The minimum absolute atomic E-state index is 0.115. The van der Waals surface area contributed by atoms with Crippen LogP contribution in [0.2, 0.25) is 0 Å². The van der Waals surface area contributed by atoms with E-state index in [0.29, 0.717) is 18.2 Å². The van der Waals surface area contributed by atoms with Crippen LogP contribution in [0.3, 0.4) is 0 Å². The van der Waals surface area contributed by atoms with Gasteiger partial charge in [-0.1, -0.05) is 33.1 Å². The van der Waals surface area contributed by atoms with Crippen molar-refractivity contribution in [3.05, 3.63) is 24.0 Å². The van der Waals surface area contributed by atoms with E-state index in [1.807, 2.05) is 0 Å². The average Bonchev–Trinajstić information content (AvgIpc) is 2.47. The highest BCUT2D eigenvalue weighted by molar-refractivity contribution is 7.89. The van der Waals surface area contributed by atoms with Gasteiger partial charge < -0.3 is 5.73 Å². The zero-order valence-electron chi connectivity index (χ0n) is 12.3. The lowest BCUT2D eigenvalue weighted by molar-refractivity contribution is 0.443. The minimum atomic E-state index is -3.53. The van der Waals surface area contributed by atoms with E-state index in [-0.39, 0.29) is 11.4 Å². The minimum Gasteiger partial charge on any atom is -0.325 e. The van der Waals surface area contributed by atoms with Crippen molar-refractivity contribution in [2.45, 2.75) is 51.0 Å². The lowest BCUT2D eigenvalue weighted by atomic mass is 10.00. The highest BCUT2D eigenvalue weighted by Gasteiger charge is 2.19. The van der Waals surface area contributed by atoms with Crippen molar-refractivity contribution in [1.29, 1.82) is 0 Å². The van der Waals surface area contributed by atoms with Crippen molar-refractivity contribution >= 4 is 10.0 Å². The topological polar surface area (TPSA) is 85.1 Å². The number of sulfonamides is 1. The summed E-state index contributed by atoms with van der Waals surface area (Å²) in [6.07, 6.45) is 5.83. The fourth-order valence-electron chi connectivity index (χ4n) is 2.07. The molecular weight excluding hydrogens is 274 g/mol. The Morgan fingerprint density at radius 2 is 2.15 bits per heavy atom. The molecule has 0 aromatic carbocycles. The van der Waals surface area contributed by atoms with Crippen LogP contribution in [0, 0.1) is 5.92 Å². The van der Waals surface area contributed by atoms with Crippen LogP contribution in [-0.2, 0) is 16.6 Å². The maximum atomic E-state index is 12.3. The Labute approximate surface area is 122 Å². The number of nitrogens with one attached hydrogen (secondary N) is 1. The summed E-state index contributed by atoms with van der Waals surface area (Å²) in [6, 6.07) is 3.16. The first-order chi connectivity index (χ1) is 9.55. The number of nitrogens with two attached hydrogens (primary N) is 1. The molecule has 1 atom stereocenters. The van der Waals surface area contributed by atoms with Crippen LogP contribution in [0.1, 0.15) is 45.2 Å². The van der Waals surface area contributed by atoms with Gasteiger partial charge in [-0.25, -0.2) is 13.1 Å². The molecule has 1 aromatic rings. The first-order valence-electron chi connectivity index (χ1n) is 7.18. The SMILES string of the molecule is CCCCC(CC)CNS(=O)(=O)c1cccnc1CN. The van der Waals surface area contributed by atoms with Gasteiger partial charge in [-0.2, -0.15) is 0 Å². The molecule has 6 heteroatoms. The van der Waals surface area contributed by atoms with Crippen LogP contribution >= 0.6 is 0 Å². The maximum Gasteiger partial charge on any atom is 0.242 e. The molecule has 0 bridgehead atoms. The molecule has 1 unspecified atom stereocenters. The zero-order valence-corrected chi connectivity index (χ0v) is 13.1. The van der Waals surface area contributed by atoms with E-state index in [4.69, 9.17) is 5.73 Å². The molecule has 20 heavy (non-hydrogen) atoms. The van der Waals surface area contributed by atoms with Gasteiger partial charge in [0.05, 0.1) is 5.69 Å². The Balaban J connectivity index is 2.74. The predicted molar refractivity (Wildman–Crippen MR) is 80.6 cm³/mol. The number of aromatic nitrogens is 1. The summed E-state index contributed by atoms with van der Waals surface area (Å²) in [5.41, 5.74) is 5.94. The molecule has 0 fully saturated rings. The van der Waals surface area contributed by atoms with Crippen LogP contribution in [0.15, 0.2) is 23.2 Å². The Morgan fingerprint density at radius 3 is 2.75 bits per heavy atom. The second-order valence-electron chi connectivity index (χ2n) is 4.92. The van der Waals surface area contributed by atoms with E-state index in [1.54, 1.807) is 18.3 Å². The van der Waals surface area contributed by atoms with Crippen LogP contribution in [0.4, 0.5) is 0 Å². The summed E-state index contributed by atoms with van der Waals surface area (Å²) < 4.78 is 27.3. The molecule has 0 aliphatic rings. The Kier molecular flexibility index (Phi) is 7.12. The average molecular weight is 299 g/mol. The van der Waals surface area contributed by atoms with Crippen LogP contribution < -0.4 is 10.5 Å². The Bertz CT molecular complexity index is 503. The third kappa shape index (κ3) is 4.85. The third-order valence-electron chi connectivity index (χ3n) is 3.44. The number of unbranched alkanes of at least 4 members (excludes halogenated alkanes) is 1. The molecule has 1 heterocycles. The molecule has 0 saturated carbocycles. The van der Waals surface area contributed by atoms with E-state index < -0.39 is 10.0 Å². The lowest BCUT2D eigenvalue weighted by Crippen LogP contribution is -2.30. The van der Waals surface area contributed by atoms with Gasteiger partial charge in [0.15, 0.2) is 0 Å². The van der Waals surface area contributed by atoms with Gasteiger partial charge in [0.1, 0.15) is 4.90 Å². The van der Waals surface area contributed by atoms with Crippen molar-refractivity contribution < 1.29 is 8.42 Å². The predicted octanol–water partition coefficient (Wildman–Crippen LogP) is 2.04. The van der Waals surface area contributed by atoms with E-state index in [2.05, 4.69) is 23.6 Å². The number of pyridine rings is 1. The zero-order chi connectivity index (χ0) is 15.0. The van der Waals surface area contributed by atoms with Gasteiger partial charge in [0.2, 0.25) is 10.0 Å². The largest absolute Gasteiger partial charge is 0.325 e. The van der Waals surface area contributed by atoms with Crippen molar-refractivity contribution in [3.8, 4) is 0 Å². The molecule has 3 N–H and O–H groups in total. The molecule has 0 aliphatic heterocycles. The van der Waals surface area contributed by atoms with Crippen molar-refractivity contribution in [3.63, 3.8) is 0 Å². The van der Waals surface area contributed by atoms with Gasteiger partial charge in [-0.05, 0) is 24.5 Å². The summed E-state index contributed by atoms with van der Waals surface area (Å²) in [4.78, 5) is 4.20. The summed E-state index contributed by atoms with van der Waals surface area (Å²) >= 11 is 0. The molecule has 0 radical (unpaired) electrons. The van der Waals surface area contributed by atoms with E-state index in [1.165, 1.54) is 0 Å².